The smallest absolute Gasteiger partial charge is 0.384 e. The Labute approximate surface area is 190 Å². The standard InChI is InChI=1S/C24H25F3N4O2/c1-16-7-18(11-29-10-16)22(32)30-6-5-19-12-31(14-23(19,13-30)15-33-2)20-4-3-17(9-28)21(8-20)24(25,26)27/h3-4,7-8,10-11,19H,5-6,12-15H2,1-2H3. The number of hydrogen-bond acceptors (Lipinski definition) is 5. The number of amides is 1. The number of carbonyl (C=O) groups is 1. The number of piperidine rings is 1. The minimum Gasteiger partial charge on any atom is -0.384 e. The molecule has 0 N–H and O–H groups in total. The van der Waals surface area contributed by atoms with Crippen LogP contribution in [0, 0.1) is 29.6 Å². The van der Waals surface area contributed by atoms with Crippen LogP contribution < -0.4 is 4.90 Å². The molecule has 174 valence electrons. The quantitative estimate of drug-likeness (QED) is 0.695. The van der Waals surface area contributed by atoms with Crippen molar-refractivity contribution in [2.75, 3.05) is 44.8 Å². The van der Waals surface area contributed by atoms with Gasteiger partial charge in [-0.05, 0) is 49.1 Å². The van der Waals surface area contributed by atoms with Gasteiger partial charge >= 0.3 is 6.18 Å². The molecule has 1 aromatic carbocycles. The first-order valence-corrected chi connectivity index (χ1v) is 10.7. The maximum atomic E-state index is 13.5. The summed E-state index contributed by atoms with van der Waals surface area (Å²) < 4.78 is 46.0. The highest BCUT2D eigenvalue weighted by molar-refractivity contribution is 5.94. The topological polar surface area (TPSA) is 69.5 Å². The maximum Gasteiger partial charge on any atom is 0.417 e. The van der Waals surface area contributed by atoms with Gasteiger partial charge in [0.1, 0.15) is 0 Å². The number of fused-ring (bicyclic) bond motifs is 1. The van der Waals surface area contributed by atoms with E-state index in [4.69, 9.17) is 10.00 Å². The van der Waals surface area contributed by atoms with Gasteiger partial charge in [0.15, 0.2) is 0 Å². The SMILES string of the molecule is COCC12CN(C(=O)c3cncc(C)c3)CCC1CN(c1ccc(C#N)c(C(F)(F)F)c1)C2. The van der Waals surface area contributed by atoms with Crippen LogP contribution in [0.1, 0.15) is 33.5 Å². The van der Waals surface area contributed by atoms with Crippen LogP contribution in [0.15, 0.2) is 36.7 Å². The molecule has 0 bridgehead atoms. The number of rotatable bonds is 4. The number of pyridine rings is 1. The number of halogens is 3. The molecule has 2 aliphatic rings. The van der Waals surface area contributed by atoms with Crippen molar-refractivity contribution >= 4 is 11.6 Å². The molecule has 9 heteroatoms. The Morgan fingerprint density at radius 3 is 2.76 bits per heavy atom. The third kappa shape index (κ3) is 4.40. The van der Waals surface area contributed by atoms with Crippen molar-refractivity contribution in [2.45, 2.75) is 19.5 Å². The minimum atomic E-state index is -4.61. The molecule has 1 amide bonds. The number of likely N-dealkylation sites (tertiary alicyclic amines) is 1. The molecule has 0 saturated carbocycles. The van der Waals surface area contributed by atoms with Crippen LogP contribution >= 0.6 is 0 Å². The van der Waals surface area contributed by atoms with E-state index in [1.165, 1.54) is 6.07 Å². The summed E-state index contributed by atoms with van der Waals surface area (Å²) in [5.74, 6) is 0.0680. The van der Waals surface area contributed by atoms with Crippen LogP contribution in [0.25, 0.3) is 0 Å². The molecule has 2 aliphatic heterocycles. The Bertz CT molecular complexity index is 1100. The number of anilines is 1. The monoisotopic (exact) mass is 458 g/mol. The molecule has 2 atom stereocenters. The van der Waals surface area contributed by atoms with Gasteiger partial charge in [0.05, 0.1) is 29.4 Å². The summed E-state index contributed by atoms with van der Waals surface area (Å²) in [7, 11) is 1.60. The van der Waals surface area contributed by atoms with E-state index in [-0.39, 0.29) is 11.8 Å². The third-order valence-corrected chi connectivity index (χ3v) is 6.70. The van der Waals surface area contributed by atoms with E-state index in [1.54, 1.807) is 42.6 Å². The summed E-state index contributed by atoms with van der Waals surface area (Å²) in [4.78, 5) is 21.0. The third-order valence-electron chi connectivity index (χ3n) is 6.70. The number of aryl methyl sites for hydroxylation is 1. The number of carbonyl (C=O) groups excluding carboxylic acids is 1. The highest BCUT2D eigenvalue weighted by atomic mass is 19.4. The van der Waals surface area contributed by atoms with E-state index < -0.39 is 22.7 Å². The zero-order valence-electron chi connectivity index (χ0n) is 18.5. The molecule has 3 heterocycles. The van der Waals surface area contributed by atoms with Crippen LogP contribution in [-0.2, 0) is 10.9 Å². The molecule has 0 spiro atoms. The fourth-order valence-corrected chi connectivity index (χ4v) is 5.16. The first-order valence-electron chi connectivity index (χ1n) is 10.7. The first kappa shape index (κ1) is 23.1. The summed E-state index contributed by atoms with van der Waals surface area (Å²) >= 11 is 0. The highest BCUT2D eigenvalue weighted by Gasteiger charge is 2.51. The maximum absolute atomic E-state index is 13.5. The number of hydrogen-bond donors (Lipinski definition) is 0. The Morgan fingerprint density at radius 2 is 2.09 bits per heavy atom. The van der Waals surface area contributed by atoms with E-state index in [9.17, 15) is 18.0 Å². The number of nitriles is 1. The van der Waals surface area contributed by atoms with E-state index in [1.807, 2.05) is 11.8 Å². The van der Waals surface area contributed by atoms with Crippen molar-refractivity contribution in [3.63, 3.8) is 0 Å². The van der Waals surface area contributed by atoms with Gasteiger partial charge in [0.25, 0.3) is 5.91 Å². The van der Waals surface area contributed by atoms with Crippen molar-refractivity contribution in [3.05, 3.63) is 58.9 Å². The lowest BCUT2D eigenvalue weighted by molar-refractivity contribution is -0.137. The molecule has 33 heavy (non-hydrogen) atoms. The lowest BCUT2D eigenvalue weighted by Crippen LogP contribution is -2.53. The number of benzene rings is 1. The van der Waals surface area contributed by atoms with Gasteiger partial charge in [0.2, 0.25) is 0 Å². The molecular weight excluding hydrogens is 433 g/mol. The van der Waals surface area contributed by atoms with E-state index in [0.29, 0.717) is 44.0 Å². The number of alkyl halides is 3. The molecular formula is C24H25F3N4O2. The van der Waals surface area contributed by atoms with Crippen LogP contribution in [0.3, 0.4) is 0 Å². The Morgan fingerprint density at radius 1 is 1.30 bits per heavy atom. The normalized spacial score (nSPS) is 22.7. The van der Waals surface area contributed by atoms with Gasteiger partial charge in [-0.25, -0.2) is 0 Å². The zero-order chi connectivity index (χ0) is 23.8. The number of methoxy groups -OCH3 is 1. The Balaban J connectivity index is 1.61. The van der Waals surface area contributed by atoms with Gasteiger partial charge in [-0.15, -0.1) is 0 Å². The number of ether oxygens (including phenoxy) is 1. The van der Waals surface area contributed by atoms with Gasteiger partial charge in [-0.2, -0.15) is 18.4 Å². The van der Waals surface area contributed by atoms with Crippen LogP contribution in [0.5, 0.6) is 0 Å². The molecule has 2 saturated heterocycles. The van der Waals surface area contributed by atoms with Crippen LogP contribution in [-0.4, -0.2) is 55.7 Å². The van der Waals surface area contributed by atoms with E-state index >= 15 is 0 Å². The minimum absolute atomic E-state index is 0.101. The molecule has 2 unspecified atom stereocenters. The van der Waals surface area contributed by atoms with Gasteiger partial charge in [-0.3, -0.25) is 9.78 Å². The average Bonchev–Trinajstić information content (AvgIpc) is 3.16. The van der Waals surface area contributed by atoms with Crippen molar-refractivity contribution < 1.29 is 22.7 Å². The molecule has 6 nitrogen and oxygen atoms in total. The molecule has 1 aromatic heterocycles. The second-order valence-electron chi connectivity index (χ2n) is 8.98. The lowest BCUT2D eigenvalue weighted by atomic mass is 9.74. The summed E-state index contributed by atoms with van der Waals surface area (Å²) in [6.07, 6.45) is -0.631. The van der Waals surface area contributed by atoms with Crippen molar-refractivity contribution in [1.82, 2.24) is 9.88 Å². The highest BCUT2D eigenvalue weighted by Crippen LogP contribution is 2.45. The molecule has 0 radical (unpaired) electrons. The van der Waals surface area contributed by atoms with Crippen LogP contribution in [0.4, 0.5) is 18.9 Å². The zero-order valence-corrected chi connectivity index (χ0v) is 18.5. The average molecular weight is 458 g/mol. The van der Waals surface area contributed by atoms with Gasteiger partial charge < -0.3 is 14.5 Å². The molecule has 2 fully saturated rings. The largest absolute Gasteiger partial charge is 0.417 e. The predicted molar refractivity (Wildman–Crippen MR) is 116 cm³/mol. The summed E-state index contributed by atoms with van der Waals surface area (Å²) in [5, 5.41) is 9.09. The number of nitrogens with zero attached hydrogens (tertiary/aromatic N) is 4. The second kappa shape index (κ2) is 8.67. The lowest BCUT2D eigenvalue weighted by Gasteiger charge is -2.43. The molecule has 0 aliphatic carbocycles. The van der Waals surface area contributed by atoms with Crippen molar-refractivity contribution in [1.29, 1.82) is 5.26 Å². The summed E-state index contributed by atoms with van der Waals surface area (Å²) in [6.45, 7) is 4.33. The molecule has 4 rings (SSSR count). The fraction of sp³-hybridized carbons (Fsp3) is 0.458. The van der Waals surface area contributed by atoms with Crippen molar-refractivity contribution in [2.24, 2.45) is 11.3 Å². The van der Waals surface area contributed by atoms with Crippen LogP contribution in [0.2, 0.25) is 0 Å². The Hall–Kier alpha value is -3.12. The fourth-order valence-electron chi connectivity index (χ4n) is 5.16. The first-order chi connectivity index (χ1) is 15.7. The van der Waals surface area contributed by atoms with Gasteiger partial charge in [-0.1, -0.05) is 0 Å². The van der Waals surface area contributed by atoms with Crippen molar-refractivity contribution in [3.8, 4) is 6.07 Å². The summed E-state index contributed by atoms with van der Waals surface area (Å²) in [5.41, 5.74) is 0.131. The molecule has 2 aromatic rings. The van der Waals surface area contributed by atoms with E-state index in [0.717, 1.165) is 18.1 Å². The Kier molecular flexibility index (Phi) is 6.06. The van der Waals surface area contributed by atoms with E-state index in [2.05, 4.69) is 4.98 Å². The second-order valence-corrected chi connectivity index (χ2v) is 8.98. The van der Waals surface area contributed by atoms with Gasteiger partial charge in [0, 0.05) is 56.8 Å². The predicted octanol–water partition coefficient (Wildman–Crippen LogP) is 3.90. The number of aromatic nitrogens is 1. The summed E-state index contributed by atoms with van der Waals surface area (Å²) in [6, 6.07) is 7.28.